The van der Waals surface area contributed by atoms with Gasteiger partial charge in [0, 0.05) is 32.9 Å². The molecule has 6 nitrogen and oxygen atoms in total. The summed E-state index contributed by atoms with van der Waals surface area (Å²) in [5, 5.41) is 0. The summed E-state index contributed by atoms with van der Waals surface area (Å²) in [6.07, 6.45) is 5.53. The number of aliphatic imine (C=N–C) groups is 1. The number of pyridine rings is 1. The Hall–Kier alpha value is -3.28. The van der Waals surface area contributed by atoms with Crippen LogP contribution in [-0.4, -0.2) is 46.7 Å². The minimum Gasteiger partial charge on any atom is -0.284 e. The van der Waals surface area contributed by atoms with Crippen molar-refractivity contribution in [3.8, 4) is 0 Å². The van der Waals surface area contributed by atoms with E-state index in [9.17, 15) is 9.59 Å². The average molecular weight is 334 g/mol. The summed E-state index contributed by atoms with van der Waals surface area (Å²) in [6.45, 7) is 0. The van der Waals surface area contributed by atoms with E-state index in [-0.39, 0.29) is 0 Å². The summed E-state index contributed by atoms with van der Waals surface area (Å²) in [7, 11) is 3.07. The molecular formula is C19H18N4O2. The van der Waals surface area contributed by atoms with Gasteiger partial charge in [0.15, 0.2) is 0 Å². The lowest BCUT2D eigenvalue weighted by atomic mass is 10.1. The number of hydrogen-bond acceptors (Lipinski definition) is 4. The van der Waals surface area contributed by atoms with Gasteiger partial charge in [0.1, 0.15) is 5.84 Å². The maximum absolute atomic E-state index is 12.6. The molecular weight excluding hydrogens is 316 g/mol. The summed E-state index contributed by atoms with van der Waals surface area (Å²) in [4.78, 5) is 35.9. The molecule has 0 saturated carbocycles. The molecule has 1 aliphatic rings. The zero-order chi connectivity index (χ0) is 17.8. The van der Waals surface area contributed by atoms with Crippen LogP contribution in [0.25, 0.3) is 5.70 Å². The number of amides is 3. The molecule has 0 spiro atoms. The highest BCUT2D eigenvalue weighted by Gasteiger charge is 2.26. The Morgan fingerprint density at radius 2 is 1.80 bits per heavy atom. The summed E-state index contributed by atoms with van der Waals surface area (Å²) >= 11 is 0. The van der Waals surface area contributed by atoms with E-state index in [0.29, 0.717) is 17.8 Å². The fourth-order valence-electron chi connectivity index (χ4n) is 2.53. The maximum Gasteiger partial charge on any atom is 0.331 e. The molecule has 0 bridgehead atoms. The molecule has 3 rings (SSSR count). The molecule has 1 aromatic carbocycles. The number of rotatable bonds is 2. The van der Waals surface area contributed by atoms with Crippen LogP contribution in [0.15, 0.2) is 65.9 Å². The number of amidine groups is 1. The highest BCUT2D eigenvalue weighted by Crippen LogP contribution is 2.23. The Kier molecular flexibility index (Phi) is 4.70. The van der Waals surface area contributed by atoms with Crippen LogP contribution in [0.1, 0.15) is 22.3 Å². The Labute approximate surface area is 146 Å². The molecule has 0 fully saturated rings. The smallest absolute Gasteiger partial charge is 0.284 e. The Morgan fingerprint density at radius 3 is 2.48 bits per heavy atom. The van der Waals surface area contributed by atoms with Crippen molar-refractivity contribution in [3.05, 3.63) is 72.1 Å². The molecule has 126 valence electrons. The second-order valence-electron chi connectivity index (χ2n) is 5.64. The molecule has 2 heterocycles. The van der Waals surface area contributed by atoms with Crippen molar-refractivity contribution in [1.82, 2.24) is 14.8 Å². The molecule has 0 atom stereocenters. The first kappa shape index (κ1) is 16.6. The first-order valence-electron chi connectivity index (χ1n) is 7.87. The topological polar surface area (TPSA) is 65.9 Å². The fraction of sp³-hybridized carbons (Fsp3) is 0.158. The van der Waals surface area contributed by atoms with Gasteiger partial charge in [-0.15, -0.1) is 0 Å². The lowest BCUT2D eigenvalue weighted by Crippen LogP contribution is -2.44. The highest BCUT2D eigenvalue weighted by molar-refractivity contribution is 6.10. The monoisotopic (exact) mass is 334 g/mol. The van der Waals surface area contributed by atoms with Crippen molar-refractivity contribution in [2.24, 2.45) is 4.99 Å². The molecule has 6 heteroatoms. The molecule has 0 radical (unpaired) electrons. The third kappa shape index (κ3) is 3.47. The zero-order valence-corrected chi connectivity index (χ0v) is 14.1. The van der Waals surface area contributed by atoms with E-state index in [1.54, 1.807) is 25.4 Å². The zero-order valence-electron chi connectivity index (χ0n) is 14.1. The largest absolute Gasteiger partial charge is 0.331 e. The maximum atomic E-state index is 12.6. The first-order valence-corrected chi connectivity index (χ1v) is 7.87. The van der Waals surface area contributed by atoms with Crippen LogP contribution in [0, 0.1) is 0 Å². The highest BCUT2D eigenvalue weighted by atomic mass is 16.2. The molecule has 25 heavy (non-hydrogen) atoms. The number of carbonyl (C=O) groups excluding carboxylic acids is 2. The number of benzene rings is 1. The Balaban J connectivity index is 1.72. The molecule has 2 aromatic rings. The van der Waals surface area contributed by atoms with Gasteiger partial charge in [-0.1, -0.05) is 36.4 Å². The number of carbonyl (C=O) groups is 2. The van der Waals surface area contributed by atoms with Gasteiger partial charge in [-0.2, -0.15) is 0 Å². The number of aromatic nitrogens is 1. The molecule has 3 amide bonds. The summed E-state index contributed by atoms with van der Waals surface area (Å²) in [5.41, 5.74) is 2.19. The molecule has 1 aliphatic heterocycles. The first-order chi connectivity index (χ1) is 12.1. The predicted octanol–water partition coefficient (Wildman–Crippen LogP) is 3.05. The van der Waals surface area contributed by atoms with Crippen LogP contribution in [0.3, 0.4) is 0 Å². The molecule has 1 aromatic heterocycles. The van der Waals surface area contributed by atoms with Crippen LogP contribution < -0.4 is 0 Å². The van der Waals surface area contributed by atoms with Crippen molar-refractivity contribution >= 4 is 23.5 Å². The fourth-order valence-corrected chi connectivity index (χ4v) is 2.53. The second kappa shape index (κ2) is 7.09. The van der Waals surface area contributed by atoms with Crippen LogP contribution in [-0.2, 0) is 0 Å². The van der Waals surface area contributed by atoms with Crippen LogP contribution in [0.2, 0.25) is 0 Å². The van der Waals surface area contributed by atoms with Crippen molar-refractivity contribution in [3.63, 3.8) is 0 Å². The van der Waals surface area contributed by atoms with Crippen LogP contribution in [0.5, 0.6) is 0 Å². The second-order valence-corrected chi connectivity index (χ2v) is 5.64. The lowest BCUT2D eigenvalue weighted by Gasteiger charge is -2.23. The summed E-state index contributed by atoms with van der Waals surface area (Å²) < 4.78 is 0. The predicted molar refractivity (Wildman–Crippen MR) is 96.0 cm³/mol. The van der Waals surface area contributed by atoms with E-state index in [4.69, 9.17) is 0 Å². The van der Waals surface area contributed by atoms with Crippen LogP contribution >= 0.6 is 0 Å². The van der Waals surface area contributed by atoms with Crippen molar-refractivity contribution in [2.45, 2.75) is 6.42 Å². The van der Waals surface area contributed by atoms with E-state index in [0.717, 1.165) is 16.2 Å². The molecule has 0 unspecified atom stereocenters. The van der Waals surface area contributed by atoms with E-state index in [2.05, 4.69) is 9.98 Å². The van der Waals surface area contributed by atoms with Gasteiger partial charge in [0.05, 0.1) is 11.3 Å². The van der Waals surface area contributed by atoms with E-state index in [1.807, 2.05) is 36.4 Å². The minimum absolute atomic E-state index is 0.364. The number of urea groups is 1. The van der Waals surface area contributed by atoms with Crippen molar-refractivity contribution in [1.29, 1.82) is 0 Å². The Morgan fingerprint density at radius 1 is 1.04 bits per heavy atom. The van der Waals surface area contributed by atoms with E-state index in [1.165, 1.54) is 18.1 Å². The number of imide groups is 1. The summed E-state index contributed by atoms with van der Waals surface area (Å²) in [5.74, 6) is 0.203. The SMILES string of the molecule is CN(C(=O)c1cccnc1)C(=O)N(C)C1=NC(c2ccccc2)=CC1. The third-order valence-corrected chi connectivity index (χ3v) is 3.97. The average Bonchev–Trinajstić information content (AvgIpc) is 3.17. The molecule has 0 saturated heterocycles. The van der Waals surface area contributed by atoms with Gasteiger partial charge < -0.3 is 0 Å². The van der Waals surface area contributed by atoms with Gasteiger partial charge >= 0.3 is 6.03 Å². The van der Waals surface area contributed by atoms with Gasteiger partial charge in [-0.25, -0.2) is 9.79 Å². The quantitative estimate of drug-likeness (QED) is 0.848. The molecule has 0 N–H and O–H groups in total. The minimum atomic E-state index is -0.435. The normalized spacial score (nSPS) is 13.0. The van der Waals surface area contributed by atoms with Crippen LogP contribution in [0.4, 0.5) is 4.79 Å². The molecule has 0 aliphatic carbocycles. The van der Waals surface area contributed by atoms with E-state index >= 15 is 0 Å². The van der Waals surface area contributed by atoms with Crippen molar-refractivity contribution < 1.29 is 9.59 Å². The van der Waals surface area contributed by atoms with Gasteiger partial charge in [-0.05, 0) is 17.7 Å². The van der Waals surface area contributed by atoms with Gasteiger partial charge in [0.25, 0.3) is 5.91 Å². The van der Waals surface area contributed by atoms with E-state index < -0.39 is 11.9 Å². The number of nitrogens with zero attached hydrogens (tertiary/aromatic N) is 4. The van der Waals surface area contributed by atoms with Gasteiger partial charge in [-0.3, -0.25) is 19.6 Å². The van der Waals surface area contributed by atoms with Crippen molar-refractivity contribution in [2.75, 3.05) is 14.1 Å². The third-order valence-electron chi connectivity index (χ3n) is 3.97. The Bertz CT molecular complexity index is 844. The summed E-state index contributed by atoms with van der Waals surface area (Å²) in [6, 6.07) is 12.6. The number of hydrogen-bond donors (Lipinski definition) is 0. The lowest BCUT2D eigenvalue weighted by molar-refractivity contribution is 0.0817. The van der Waals surface area contributed by atoms with Gasteiger partial charge in [0.2, 0.25) is 0 Å². The standard InChI is InChI=1S/C19H18N4O2/c1-22(17-11-10-16(21-17)14-7-4-3-5-8-14)19(25)23(2)18(24)15-9-6-12-20-13-15/h3-10,12-13H,11H2,1-2H3.